The molecule has 0 fully saturated rings. The molecule has 0 aliphatic carbocycles. The summed E-state index contributed by atoms with van der Waals surface area (Å²) in [6.07, 6.45) is 7.36. The van der Waals surface area contributed by atoms with E-state index in [1.54, 1.807) is 26.4 Å². The monoisotopic (exact) mass is 658 g/mol. The lowest BCUT2D eigenvalue weighted by atomic mass is 9.99. The minimum atomic E-state index is 0.0855. The van der Waals surface area contributed by atoms with E-state index in [0.29, 0.717) is 11.1 Å². The highest BCUT2D eigenvalue weighted by molar-refractivity contribution is 5.87. The van der Waals surface area contributed by atoms with Gasteiger partial charge >= 0.3 is 0 Å². The van der Waals surface area contributed by atoms with Crippen LogP contribution in [0.3, 0.4) is 0 Å². The molecule has 0 N–H and O–H groups in total. The van der Waals surface area contributed by atoms with Crippen molar-refractivity contribution in [2.75, 3.05) is 52.2 Å². The first-order chi connectivity index (χ1) is 24.2. The number of hydrogen-bond acceptors (Lipinski definition) is 8. The first-order valence-electron chi connectivity index (χ1n) is 15.5. The van der Waals surface area contributed by atoms with Crippen LogP contribution in [-0.4, -0.2) is 42.4 Å². The molecule has 248 valence electrons. The molecule has 0 aromatic heterocycles. The molecule has 4 aromatic rings. The van der Waals surface area contributed by atoms with Crippen molar-refractivity contribution in [1.82, 2.24) is 0 Å². The minimum absolute atomic E-state index is 0.0855. The van der Waals surface area contributed by atoms with Gasteiger partial charge in [0, 0.05) is 50.7 Å². The van der Waals surface area contributed by atoms with Crippen LogP contribution in [0.1, 0.15) is 22.3 Å². The van der Waals surface area contributed by atoms with E-state index in [2.05, 4.69) is 0 Å². The highest BCUT2D eigenvalue weighted by Gasteiger charge is 2.09. The number of nitrogens with zero attached hydrogens (tertiary/aromatic N) is 6. The van der Waals surface area contributed by atoms with E-state index in [1.165, 1.54) is 0 Å². The second kappa shape index (κ2) is 19.0. The normalized spacial score (nSPS) is 9.96. The van der Waals surface area contributed by atoms with Crippen LogP contribution in [0.15, 0.2) is 120 Å². The molecule has 0 heterocycles. The van der Waals surface area contributed by atoms with Gasteiger partial charge in [-0.15, -0.1) is 0 Å². The third kappa shape index (κ3) is 10.5. The average Bonchev–Trinajstić information content (AvgIpc) is 3.15. The van der Waals surface area contributed by atoms with Gasteiger partial charge in [-0.25, -0.2) is 0 Å². The summed E-state index contributed by atoms with van der Waals surface area (Å²) in [5, 5.41) is 37.1. The number of hydrogen-bond donors (Lipinski definition) is 0. The van der Waals surface area contributed by atoms with E-state index in [9.17, 15) is 21.0 Å². The van der Waals surface area contributed by atoms with Gasteiger partial charge in [-0.1, -0.05) is 72.8 Å². The molecule has 0 radical (unpaired) electrons. The van der Waals surface area contributed by atoms with E-state index >= 15 is 0 Å². The number of anilines is 2. The third-order valence-electron chi connectivity index (χ3n) is 7.49. The van der Waals surface area contributed by atoms with Gasteiger partial charge < -0.3 is 19.3 Å². The largest absolute Gasteiger partial charge is 0.497 e. The maximum Gasteiger partial charge on any atom is 0.137 e. The zero-order chi connectivity index (χ0) is 36.5. The zero-order valence-corrected chi connectivity index (χ0v) is 29.0. The summed E-state index contributed by atoms with van der Waals surface area (Å²) >= 11 is 0. The van der Waals surface area contributed by atoms with E-state index in [1.807, 2.05) is 171 Å². The maximum absolute atomic E-state index is 9.28. The van der Waals surface area contributed by atoms with Crippen LogP contribution in [0.4, 0.5) is 11.4 Å². The fourth-order valence-electron chi connectivity index (χ4n) is 4.61. The Balaban J connectivity index is 0.000000270. The molecular formula is C42H38N6O2. The van der Waals surface area contributed by atoms with Crippen LogP contribution < -0.4 is 19.3 Å². The van der Waals surface area contributed by atoms with E-state index in [-0.39, 0.29) is 11.1 Å². The zero-order valence-electron chi connectivity index (χ0n) is 29.0. The van der Waals surface area contributed by atoms with E-state index in [4.69, 9.17) is 9.47 Å². The summed E-state index contributed by atoms with van der Waals surface area (Å²) in [7, 11) is 11.1. The van der Waals surface area contributed by atoms with Crippen molar-refractivity contribution in [3.63, 3.8) is 0 Å². The number of rotatable bonds is 10. The summed E-state index contributed by atoms with van der Waals surface area (Å²) in [6.45, 7) is 0. The molecule has 0 unspecified atom stereocenters. The van der Waals surface area contributed by atoms with Crippen molar-refractivity contribution in [3.05, 3.63) is 143 Å². The van der Waals surface area contributed by atoms with Crippen LogP contribution in [-0.2, 0) is 0 Å². The van der Waals surface area contributed by atoms with Gasteiger partial charge in [-0.3, -0.25) is 0 Å². The molecule has 0 saturated heterocycles. The average molecular weight is 659 g/mol. The van der Waals surface area contributed by atoms with Crippen molar-refractivity contribution in [2.45, 2.75) is 0 Å². The van der Waals surface area contributed by atoms with Crippen LogP contribution in [0.25, 0.3) is 23.3 Å². The Labute approximate surface area is 295 Å². The molecule has 0 spiro atoms. The molecule has 8 nitrogen and oxygen atoms in total. The Bertz CT molecular complexity index is 1840. The third-order valence-corrected chi connectivity index (χ3v) is 7.49. The van der Waals surface area contributed by atoms with Crippen molar-refractivity contribution < 1.29 is 9.47 Å². The van der Waals surface area contributed by atoms with Crippen molar-refractivity contribution in [1.29, 1.82) is 21.0 Å². The molecule has 0 bridgehead atoms. The second-order valence-corrected chi connectivity index (χ2v) is 11.1. The molecule has 4 aromatic carbocycles. The number of allylic oxidation sites excluding steroid dienone is 6. The summed E-state index contributed by atoms with van der Waals surface area (Å²) in [5.41, 5.74) is 7.05. The highest BCUT2D eigenvalue weighted by Crippen LogP contribution is 2.26. The summed E-state index contributed by atoms with van der Waals surface area (Å²) < 4.78 is 10.3. The Morgan fingerprint density at radius 3 is 1.02 bits per heavy atom. The number of methoxy groups -OCH3 is 2. The first-order valence-corrected chi connectivity index (χ1v) is 15.5. The van der Waals surface area contributed by atoms with Gasteiger partial charge in [0.15, 0.2) is 0 Å². The van der Waals surface area contributed by atoms with E-state index in [0.717, 1.165) is 45.1 Å². The minimum Gasteiger partial charge on any atom is -0.497 e. The second-order valence-electron chi connectivity index (χ2n) is 11.1. The molecule has 0 saturated carbocycles. The molecule has 0 atom stereocenters. The Kier molecular flexibility index (Phi) is 14.2. The standard InChI is InChI=1S/2C21H19N3O/c2*1-24(2)19-9-7-17(8-10-19)21(18(14-22)15-23)13-6-16-4-11-20(25-3)12-5-16/h2*4-13H,1-3H3/b2*13-6+. The fourth-order valence-corrected chi connectivity index (χ4v) is 4.61. The van der Waals surface area contributed by atoms with Crippen LogP contribution in [0, 0.1) is 45.3 Å². The molecule has 0 aliphatic heterocycles. The summed E-state index contributed by atoms with van der Waals surface area (Å²) in [6, 6.07) is 38.5. The molecule has 4 rings (SSSR count). The first kappa shape index (κ1) is 37.5. The van der Waals surface area contributed by atoms with Gasteiger partial charge in [-0.2, -0.15) is 21.0 Å². The fraction of sp³-hybridized carbons (Fsp3) is 0.143. The van der Waals surface area contributed by atoms with Gasteiger partial charge in [-0.05, 0) is 70.8 Å². The summed E-state index contributed by atoms with van der Waals surface area (Å²) in [5.74, 6) is 1.56. The van der Waals surface area contributed by atoms with Crippen LogP contribution >= 0.6 is 0 Å². The molecule has 50 heavy (non-hydrogen) atoms. The Morgan fingerprint density at radius 1 is 0.480 bits per heavy atom. The quantitative estimate of drug-likeness (QED) is 0.123. The molecule has 8 heteroatoms. The van der Waals surface area contributed by atoms with Crippen molar-refractivity contribution in [2.24, 2.45) is 0 Å². The summed E-state index contributed by atoms with van der Waals surface area (Å²) in [4.78, 5) is 3.99. The predicted molar refractivity (Wildman–Crippen MR) is 202 cm³/mol. The number of ether oxygens (including phenoxy) is 2. The maximum atomic E-state index is 9.28. The van der Waals surface area contributed by atoms with Crippen LogP contribution in [0.2, 0.25) is 0 Å². The molecule has 0 aliphatic rings. The SMILES string of the molecule is COc1ccc(/C=C/C(=C(C#N)C#N)c2ccc(N(C)C)cc2)cc1.COc1ccc(/C=C/C(=C(C#N)C#N)c2ccc(N(C)C)cc2)cc1. The predicted octanol–water partition coefficient (Wildman–Crippen LogP) is 8.55. The lowest BCUT2D eigenvalue weighted by Gasteiger charge is -2.13. The number of nitriles is 4. The Morgan fingerprint density at radius 2 is 0.780 bits per heavy atom. The topological polar surface area (TPSA) is 120 Å². The van der Waals surface area contributed by atoms with Gasteiger partial charge in [0.1, 0.15) is 46.9 Å². The van der Waals surface area contributed by atoms with E-state index < -0.39 is 0 Å². The van der Waals surface area contributed by atoms with Gasteiger partial charge in [0.2, 0.25) is 0 Å². The molecule has 0 amide bonds. The van der Waals surface area contributed by atoms with Crippen molar-refractivity contribution in [3.8, 4) is 35.8 Å². The lowest BCUT2D eigenvalue weighted by Crippen LogP contribution is -2.08. The Hall–Kier alpha value is -7.00. The van der Waals surface area contributed by atoms with Gasteiger partial charge in [0.25, 0.3) is 0 Å². The number of benzene rings is 4. The van der Waals surface area contributed by atoms with Crippen molar-refractivity contribution >= 4 is 34.7 Å². The van der Waals surface area contributed by atoms with Gasteiger partial charge in [0.05, 0.1) is 14.2 Å². The molecular weight excluding hydrogens is 621 g/mol. The lowest BCUT2D eigenvalue weighted by molar-refractivity contribution is 0.414. The smallest absolute Gasteiger partial charge is 0.137 e. The highest BCUT2D eigenvalue weighted by atomic mass is 16.5. The van der Waals surface area contributed by atoms with Crippen LogP contribution in [0.5, 0.6) is 11.5 Å².